The van der Waals surface area contributed by atoms with Crippen molar-refractivity contribution in [3.05, 3.63) is 29.8 Å². The molecule has 1 aliphatic rings. The minimum Gasteiger partial charge on any atom is -0.481 e. The van der Waals surface area contributed by atoms with Gasteiger partial charge < -0.3 is 21.5 Å². The highest BCUT2D eigenvalue weighted by molar-refractivity contribution is 6.00. The van der Waals surface area contributed by atoms with Gasteiger partial charge in [-0.05, 0) is 44.0 Å². The molecule has 0 bridgehead atoms. The Balaban J connectivity index is 1.86. The van der Waals surface area contributed by atoms with Gasteiger partial charge in [-0.15, -0.1) is 0 Å². The molecule has 1 aromatic carbocycles. The van der Waals surface area contributed by atoms with Crippen molar-refractivity contribution in [2.24, 2.45) is 23.5 Å². The molecule has 2 rings (SSSR count). The molecule has 0 aliphatic heterocycles. The number of carbonyl (C=O) groups excluding carboxylic acids is 2. The van der Waals surface area contributed by atoms with Crippen LogP contribution in [0.2, 0.25) is 0 Å². The highest BCUT2D eigenvalue weighted by Crippen LogP contribution is 2.39. The average Bonchev–Trinajstić information content (AvgIpc) is 3.36. The molecule has 1 fully saturated rings. The van der Waals surface area contributed by atoms with Crippen LogP contribution < -0.4 is 16.4 Å². The van der Waals surface area contributed by atoms with Gasteiger partial charge in [0.05, 0.1) is 17.8 Å². The van der Waals surface area contributed by atoms with Crippen LogP contribution >= 0.6 is 0 Å². The van der Waals surface area contributed by atoms with Crippen LogP contribution in [0.1, 0.15) is 32.3 Å². The van der Waals surface area contributed by atoms with Crippen LogP contribution in [0.3, 0.4) is 0 Å². The largest absolute Gasteiger partial charge is 0.481 e. The van der Waals surface area contributed by atoms with Crippen LogP contribution in [0.15, 0.2) is 24.3 Å². The summed E-state index contributed by atoms with van der Waals surface area (Å²) in [5.74, 6) is -3.03. The van der Waals surface area contributed by atoms with Gasteiger partial charge in [0.1, 0.15) is 5.84 Å². The molecule has 26 heavy (non-hydrogen) atoms. The molecule has 0 radical (unpaired) electrons. The van der Waals surface area contributed by atoms with Gasteiger partial charge in [-0.25, -0.2) is 0 Å². The van der Waals surface area contributed by atoms with Gasteiger partial charge in [0, 0.05) is 17.3 Å². The maximum absolute atomic E-state index is 12.2. The molecule has 1 aromatic rings. The fraction of sp³-hybridized carbons (Fsp3) is 0.444. The first kappa shape index (κ1) is 19.4. The highest BCUT2D eigenvalue weighted by Gasteiger charge is 2.48. The zero-order valence-electron chi connectivity index (χ0n) is 14.8. The number of anilines is 1. The summed E-state index contributed by atoms with van der Waals surface area (Å²) in [5, 5.41) is 21.9. The molecular formula is C18H24N4O4. The molecule has 0 heterocycles. The first-order valence-corrected chi connectivity index (χ1v) is 8.53. The summed E-state index contributed by atoms with van der Waals surface area (Å²) in [7, 11) is 0. The monoisotopic (exact) mass is 360 g/mol. The van der Waals surface area contributed by atoms with Crippen LogP contribution in [0, 0.1) is 23.2 Å². The van der Waals surface area contributed by atoms with Gasteiger partial charge in [-0.2, -0.15) is 0 Å². The molecule has 2 amide bonds. The van der Waals surface area contributed by atoms with Crippen LogP contribution in [0.5, 0.6) is 0 Å². The summed E-state index contributed by atoms with van der Waals surface area (Å²) in [4.78, 5) is 35.6. The standard InChI is InChI=1S/C18H24N4O4/c1-3-12(18(25)26)9(2)21-16(23)13-8-14(13)17(24)22-11-6-4-10(5-7-11)15(19)20/h4-7,9,12-14H,3,8H2,1-2H3,(H3,19,20)(H,21,23)(H,22,24)(H,25,26). The van der Waals surface area contributed by atoms with E-state index in [4.69, 9.17) is 16.2 Å². The Morgan fingerprint density at radius 1 is 1.23 bits per heavy atom. The predicted octanol–water partition coefficient (Wildman–Crippen LogP) is 1.16. The molecule has 8 heteroatoms. The van der Waals surface area contributed by atoms with Gasteiger partial charge in [0.15, 0.2) is 0 Å². The van der Waals surface area contributed by atoms with Gasteiger partial charge >= 0.3 is 5.97 Å². The first-order chi connectivity index (χ1) is 12.2. The lowest BCUT2D eigenvalue weighted by Gasteiger charge is -2.20. The second kappa shape index (κ2) is 7.99. The first-order valence-electron chi connectivity index (χ1n) is 8.53. The van der Waals surface area contributed by atoms with E-state index in [-0.39, 0.29) is 17.6 Å². The number of nitrogens with one attached hydrogen (secondary N) is 3. The number of hydrogen-bond donors (Lipinski definition) is 5. The molecule has 8 nitrogen and oxygen atoms in total. The minimum atomic E-state index is -0.945. The highest BCUT2D eigenvalue weighted by atomic mass is 16.4. The summed E-state index contributed by atoms with van der Waals surface area (Å²) in [6.45, 7) is 3.42. The Labute approximate surface area is 151 Å². The van der Waals surface area contributed by atoms with E-state index in [1.807, 2.05) is 0 Å². The van der Waals surface area contributed by atoms with Crippen molar-refractivity contribution in [3.63, 3.8) is 0 Å². The molecule has 140 valence electrons. The summed E-state index contributed by atoms with van der Waals surface area (Å²) < 4.78 is 0. The third-order valence-electron chi connectivity index (χ3n) is 4.66. The minimum absolute atomic E-state index is 0.0531. The molecular weight excluding hydrogens is 336 g/mol. The average molecular weight is 360 g/mol. The molecule has 4 unspecified atom stereocenters. The Morgan fingerprint density at radius 2 is 1.81 bits per heavy atom. The molecule has 0 saturated heterocycles. The van der Waals surface area contributed by atoms with E-state index < -0.39 is 29.8 Å². The van der Waals surface area contributed by atoms with Crippen molar-refractivity contribution >= 4 is 29.3 Å². The van der Waals surface area contributed by atoms with Crippen molar-refractivity contribution < 1.29 is 19.5 Å². The molecule has 4 atom stereocenters. The number of hydrogen-bond acceptors (Lipinski definition) is 4. The van der Waals surface area contributed by atoms with Gasteiger partial charge in [0.25, 0.3) is 0 Å². The molecule has 1 aliphatic carbocycles. The van der Waals surface area contributed by atoms with Crippen molar-refractivity contribution in [1.82, 2.24) is 5.32 Å². The maximum atomic E-state index is 12.2. The van der Waals surface area contributed by atoms with Crippen LogP contribution in [-0.2, 0) is 14.4 Å². The molecule has 1 saturated carbocycles. The number of amidine groups is 1. The maximum Gasteiger partial charge on any atom is 0.308 e. The van der Waals surface area contributed by atoms with E-state index >= 15 is 0 Å². The number of benzene rings is 1. The molecule has 0 aromatic heterocycles. The number of amides is 2. The van der Waals surface area contributed by atoms with Crippen LogP contribution in [-0.4, -0.2) is 34.8 Å². The lowest BCUT2D eigenvalue weighted by atomic mass is 9.98. The molecule has 6 N–H and O–H groups in total. The van der Waals surface area contributed by atoms with Crippen LogP contribution in [0.25, 0.3) is 0 Å². The van der Waals surface area contributed by atoms with E-state index in [0.717, 1.165) is 0 Å². The van der Waals surface area contributed by atoms with E-state index in [9.17, 15) is 14.4 Å². The lowest BCUT2D eigenvalue weighted by Crippen LogP contribution is -2.42. The van der Waals surface area contributed by atoms with Gasteiger partial charge in [-0.3, -0.25) is 19.8 Å². The number of rotatable bonds is 8. The van der Waals surface area contributed by atoms with E-state index in [0.29, 0.717) is 24.1 Å². The lowest BCUT2D eigenvalue weighted by molar-refractivity contribution is -0.143. The topological polar surface area (TPSA) is 145 Å². The fourth-order valence-electron chi connectivity index (χ4n) is 2.92. The quantitative estimate of drug-likeness (QED) is 0.349. The Hall–Kier alpha value is -2.90. The number of carboxylic acids is 1. The summed E-state index contributed by atoms with van der Waals surface area (Å²) in [6, 6.07) is 6.06. The van der Waals surface area contributed by atoms with Crippen molar-refractivity contribution in [2.45, 2.75) is 32.7 Å². The van der Waals surface area contributed by atoms with Crippen molar-refractivity contribution in [2.75, 3.05) is 5.32 Å². The zero-order valence-corrected chi connectivity index (χ0v) is 14.8. The number of nitrogen functional groups attached to an aromatic ring is 1. The SMILES string of the molecule is CCC(C(=O)O)C(C)NC(=O)C1CC1C(=O)Nc1ccc(C(=N)N)cc1. The van der Waals surface area contributed by atoms with Gasteiger partial charge in [0.2, 0.25) is 11.8 Å². The van der Waals surface area contributed by atoms with Crippen molar-refractivity contribution in [1.29, 1.82) is 5.41 Å². The second-order valence-electron chi connectivity index (χ2n) is 6.58. The summed E-state index contributed by atoms with van der Waals surface area (Å²) >= 11 is 0. The Kier molecular flexibility index (Phi) is 5.97. The Bertz CT molecular complexity index is 716. The zero-order chi connectivity index (χ0) is 19.4. The fourth-order valence-corrected chi connectivity index (χ4v) is 2.92. The number of aliphatic carboxylic acids is 1. The van der Waals surface area contributed by atoms with Crippen LogP contribution in [0.4, 0.5) is 5.69 Å². The summed E-state index contributed by atoms with van der Waals surface area (Å²) in [6.07, 6.45) is 0.862. The number of carbonyl (C=O) groups is 3. The predicted molar refractivity (Wildman–Crippen MR) is 96.7 cm³/mol. The smallest absolute Gasteiger partial charge is 0.308 e. The number of carboxylic acid groups (broad SMARTS) is 1. The second-order valence-corrected chi connectivity index (χ2v) is 6.58. The Morgan fingerprint density at radius 3 is 2.31 bits per heavy atom. The normalized spacial score (nSPS) is 20.5. The number of nitrogens with two attached hydrogens (primary N) is 1. The van der Waals surface area contributed by atoms with E-state index in [1.165, 1.54) is 0 Å². The third-order valence-corrected chi connectivity index (χ3v) is 4.66. The van der Waals surface area contributed by atoms with E-state index in [1.54, 1.807) is 38.1 Å². The van der Waals surface area contributed by atoms with Gasteiger partial charge in [-0.1, -0.05) is 6.92 Å². The van der Waals surface area contributed by atoms with Crippen molar-refractivity contribution in [3.8, 4) is 0 Å². The van der Waals surface area contributed by atoms with E-state index in [2.05, 4.69) is 10.6 Å². The third kappa shape index (κ3) is 4.59. The molecule has 0 spiro atoms. The summed E-state index contributed by atoms with van der Waals surface area (Å²) in [5.41, 5.74) is 6.50.